The van der Waals surface area contributed by atoms with E-state index in [-0.39, 0.29) is 5.54 Å². The first-order valence-electron chi connectivity index (χ1n) is 7.91. The summed E-state index contributed by atoms with van der Waals surface area (Å²) < 4.78 is 6.15. The lowest BCUT2D eigenvalue weighted by atomic mass is 10.1. The summed E-state index contributed by atoms with van der Waals surface area (Å²) in [4.78, 5) is 2.52. The molecule has 1 fully saturated rings. The third kappa shape index (κ3) is 6.05. The van der Waals surface area contributed by atoms with Crippen LogP contribution in [0.3, 0.4) is 0 Å². The summed E-state index contributed by atoms with van der Waals surface area (Å²) in [5.74, 6) is 2.30. The molecule has 1 aromatic heterocycles. The molecule has 0 bridgehead atoms. The Morgan fingerprint density at radius 2 is 2.10 bits per heavy atom. The second-order valence-electron chi connectivity index (χ2n) is 7.66. The number of thioether (sulfide) groups is 1. The van der Waals surface area contributed by atoms with Crippen molar-refractivity contribution < 1.29 is 4.42 Å². The standard InChI is InChI=1S/C17H30N2OS/c1-16(2,3)18-11-14-10-15(20-13-14)12-19-7-6-17(4,5)21-9-8-19/h10,13,18H,6-9,11-12H2,1-5H3. The number of furan rings is 1. The average molecular weight is 311 g/mol. The summed E-state index contributed by atoms with van der Waals surface area (Å²) in [5, 5.41) is 3.50. The van der Waals surface area contributed by atoms with Crippen LogP contribution in [0.25, 0.3) is 0 Å². The molecule has 0 amide bonds. The molecule has 2 heterocycles. The second-order valence-corrected chi connectivity index (χ2v) is 9.46. The third-order valence-corrected chi connectivity index (χ3v) is 5.21. The highest BCUT2D eigenvalue weighted by atomic mass is 32.2. The molecule has 0 radical (unpaired) electrons. The van der Waals surface area contributed by atoms with E-state index in [1.807, 2.05) is 6.26 Å². The summed E-state index contributed by atoms with van der Waals surface area (Å²) >= 11 is 2.09. The van der Waals surface area contributed by atoms with Crippen molar-refractivity contribution in [2.45, 2.75) is 64.4 Å². The van der Waals surface area contributed by atoms with E-state index in [1.165, 1.54) is 17.7 Å². The van der Waals surface area contributed by atoms with E-state index in [4.69, 9.17) is 4.42 Å². The monoisotopic (exact) mass is 310 g/mol. The Bertz CT molecular complexity index is 448. The van der Waals surface area contributed by atoms with Gasteiger partial charge in [-0.25, -0.2) is 0 Å². The predicted molar refractivity (Wildman–Crippen MR) is 91.7 cm³/mol. The van der Waals surface area contributed by atoms with E-state index >= 15 is 0 Å². The molecule has 120 valence electrons. The van der Waals surface area contributed by atoms with Gasteiger partial charge in [0.05, 0.1) is 12.8 Å². The molecule has 3 nitrogen and oxygen atoms in total. The molecule has 1 N–H and O–H groups in total. The van der Waals surface area contributed by atoms with Crippen LogP contribution in [0.15, 0.2) is 16.7 Å². The first-order chi connectivity index (χ1) is 9.73. The van der Waals surface area contributed by atoms with Crippen molar-refractivity contribution in [2.75, 3.05) is 18.8 Å². The summed E-state index contributed by atoms with van der Waals surface area (Å²) in [6, 6.07) is 2.20. The molecular weight excluding hydrogens is 280 g/mol. The zero-order chi connectivity index (χ0) is 15.5. The zero-order valence-electron chi connectivity index (χ0n) is 14.2. The lowest BCUT2D eigenvalue weighted by Gasteiger charge is -2.22. The molecule has 1 aromatic rings. The Labute approximate surface area is 133 Å². The third-order valence-electron chi connectivity index (χ3n) is 3.84. The van der Waals surface area contributed by atoms with Crippen molar-refractivity contribution in [3.05, 3.63) is 23.7 Å². The summed E-state index contributed by atoms with van der Waals surface area (Å²) in [6.07, 6.45) is 3.14. The van der Waals surface area contributed by atoms with Crippen molar-refractivity contribution in [2.24, 2.45) is 0 Å². The van der Waals surface area contributed by atoms with Gasteiger partial charge in [-0.3, -0.25) is 4.90 Å². The Balaban J connectivity index is 1.85. The highest BCUT2D eigenvalue weighted by molar-refractivity contribution is 8.00. The van der Waals surface area contributed by atoms with Gasteiger partial charge in [0.1, 0.15) is 5.76 Å². The zero-order valence-corrected chi connectivity index (χ0v) is 15.0. The molecule has 0 atom stereocenters. The van der Waals surface area contributed by atoms with E-state index in [9.17, 15) is 0 Å². The van der Waals surface area contributed by atoms with Crippen LogP contribution < -0.4 is 5.32 Å². The Morgan fingerprint density at radius 1 is 1.33 bits per heavy atom. The van der Waals surface area contributed by atoms with Crippen molar-refractivity contribution in [3.8, 4) is 0 Å². The predicted octanol–water partition coefficient (Wildman–Crippen LogP) is 3.89. The van der Waals surface area contributed by atoms with Crippen molar-refractivity contribution in [3.63, 3.8) is 0 Å². The van der Waals surface area contributed by atoms with E-state index in [0.29, 0.717) is 4.75 Å². The van der Waals surface area contributed by atoms with Gasteiger partial charge in [0.25, 0.3) is 0 Å². The molecule has 0 unspecified atom stereocenters. The molecule has 0 aliphatic carbocycles. The maximum atomic E-state index is 5.74. The minimum Gasteiger partial charge on any atom is -0.468 e. The van der Waals surface area contributed by atoms with Gasteiger partial charge in [-0.05, 0) is 39.8 Å². The Kier molecular flexibility index (Phi) is 5.44. The number of nitrogens with zero attached hydrogens (tertiary/aromatic N) is 1. The van der Waals surface area contributed by atoms with Gasteiger partial charge < -0.3 is 9.73 Å². The van der Waals surface area contributed by atoms with Crippen LogP contribution in [0.5, 0.6) is 0 Å². The smallest absolute Gasteiger partial charge is 0.118 e. The fourth-order valence-electron chi connectivity index (χ4n) is 2.41. The minimum atomic E-state index is 0.144. The molecule has 1 aliphatic heterocycles. The molecule has 4 heteroatoms. The first kappa shape index (κ1) is 16.9. The lowest BCUT2D eigenvalue weighted by molar-refractivity contribution is 0.253. The molecule has 2 rings (SSSR count). The average Bonchev–Trinajstić information content (AvgIpc) is 2.73. The SMILES string of the molecule is CC(C)(C)NCc1coc(CN2CCSC(C)(C)CC2)c1. The summed E-state index contributed by atoms with van der Waals surface area (Å²) in [5.41, 5.74) is 1.38. The Hall–Kier alpha value is -0.450. The fourth-order valence-corrected chi connectivity index (χ4v) is 3.55. The van der Waals surface area contributed by atoms with Gasteiger partial charge >= 0.3 is 0 Å². The van der Waals surface area contributed by atoms with E-state index in [2.05, 4.69) is 62.7 Å². The van der Waals surface area contributed by atoms with Gasteiger partial charge in [0.2, 0.25) is 0 Å². The lowest BCUT2D eigenvalue weighted by Crippen LogP contribution is -2.34. The number of hydrogen-bond donors (Lipinski definition) is 1. The molecule has 0 spiro atoms. The van der Waals surface area contributed by atoms with Crippen molar-refractivity contribution in [1.82, 2.24) is 10.2 Å². The highest BCUT2D eigenvalue weighted by Gasteiger charge is 2.24. The quantitative estimate of drug-likeness (QED) is 0.913. The van der Waals surface area contributed by atoms with Crippen LogP contribution in [-0.2, 0) is 13.1 Å². The number of rotatable bonds is 4. The van der Waals surface area contributed by atoms with Crippen LogP contribution in [0.2, 0.25) is 0 Å². The first-order valence-corrected chi connectivity index (χ1v) is 8.90. The van der Waals surface area contributed by atoms with E-state index in [1.54, 1.807) is 0 Å². The molecular formula is C17H30N2OS. The number of hydrogen-bond acceptors (Lipinski definition) is 4. The van der Waals surface area contributed by atoms with Gasteiger partial charge in [0, 0.05) is 34.7 Å². The van der Waals surface area contributed by atoms with Gasteiger partial charge in [0.15, 0.2) is 0 Å². The van der Waals surface area contributed by atoms with Gasteiger partial charge in [-0.1, -0.05) is 13.8 Å². The van der Waals surface area contributed by atoms with Gasteiger partial charge in [-0.2, -0.15) is 11.8 Å². The molecule has 1 aliphatic rings. The normalized spacial score (nSPS) is 20.4. The topological polar surface area (TPSA) is 28.4 Å². The van der Waals surface area contributed by atoms with Crippen LogP contribution in [0.4, 0.5) is 0 Å². The Morgan fingerprint density at radius 3 is 2.81 bits per heavy atom. The van der Waals surface area contributed by atoms with Crippen LogP contribution >= 0.6 is 11.8 Å². The van der Waals surface area contributed by atoms with E-state index in [0.717, 1.165) is 31.9 Å². The van der Waals surface area contributed by atoms with Crippen molar-refractivity contribution in [1.29, 1.82) is 0 Å². The fraction of sp³-hybridized carbons (Fsp3) is 0.765. The largest absolute Gasteiger partial charge is 0.468 e. The molecule has 0 aromatic carbocycles. The second kappa shape index (κ2) is 6.76. The highest BCUT2D eigenvalue weighted by Crippen LogP contribution is 2.31. The van der Waals surface area contributed by atoms with E-state index < -0.39 is 0 Å². The molecule has 21 heavy (non-hydrogen) atoms. The maximum absolute atomic E-state index is 5.74. The maximum Gasteiger partial charge on any atom is 0.118 e. The van der Waals surface area contributed by atoms with Crippen LogP contribution in [0.1, 0.15) is 52.4 Å². The van der Waals surface area contributed by atoms with Gasteiger partial charge in [-0.15, -0.1) is 0 Å². The van der Waals surface area contributed by atoms with Crippen molar-refractivity contribution >= 4 is 11.8 Å². The summed E-state index contributed by atoms with van der Waals surface area (Å²) in [6.45, 7) is 15.4. The molecule has 0 saturated carbocycles. The molecule has 1 saturated heterocycles. The van der Waals surface area contributed by atoms with Crippen LogP contribution in [0, 0.1) is 0 Å². The minimum absolute atomic E-state index is 0.144. The van der Waals surface area contributed by atoms with Crippen LogP contribution in [-0.4, -0.2) is 34.0 Å². The number of nitrogens with one attached hydrogen (secondary N) is 1. The summed E-state index contributed by atoms with van der Waals surface area (Å²) in [7, 11) is 0.